The van der Waals surface area contributed by atoms with Gasteiger partial charge in [0, 0.05) is 36.1 Å². The zero-order valence-electron chi connectivity index (χ0n) is 13.7. The van der Waals surface area contributed by atoms with E-state index >= 15 is 0 Å². The van der Waals surface area contributed by atoms with Crippen LogP contribution in [0.4, 0.5) is 16.2 Å². The number of nitrogens with zero attached hydrogens (tertiary/aromatic N) is 1. The van der Waals surface area contributed by atoms with Crippen molar-refractivity contribution in [2.75, 3.05) is 23.3 Å². The summed E-state index contributed by atoms with van der Waals surface area (Å²) in [5.74, 6) is -0.0200. The van der Waals surface area contributed by atoms with E-state index in [1.165, 1.54) is 12.6 Å². The number of rotatable bonds is 4. The lowest BCUT2D eigenvalue weighted by molar-refractivity contribution is 0.101. The Morgan fingerprint density at radius 2 is 1.88 bits per heavy atom. The third-order valence-corrected chi connectivity index (χ3v) is 4.17. The first-order valence-electron chi connectivity index (χ1n) is 8.10. The summed E-state index contributed by atoms with van der Waals surface area (Å²) in [5.41, 5.74) is 2.39. The van der Waals surface area contributed by atoms with E-state index in [0.717, 1.165) is 19.5 Å². The van der Waals surface area contributed by atoms with Gasteiger partial charge in [0.1, 0.15) is 0 Å². The molecule has 1 aliphatic heterocycles. The second-order valence-electron chi connectivity index (χ2n) is 6.00. The number of urea groups is 1. The molecular weight excluding hydrogens is 302 g/mol. The van der Waals surface area contributed by atoms with Crippen molar-refractivity contribution in [1.82, 2.24) is 5.32 Å². The van der Waals surface area contributed by atoms with Crippen molar-refractivity contribution in [3.05, 3.63) is 60.2 Å². The van der Waals surface area contributed by atoms with Crippen LogP contribution in [0.1, 0.15) is 23.7 Å². The van der Waals surface area contributed by atoms with E-state index in [-0.39, 0.29) is 17.9 Å². The first-order chi connectivity index (χ1) is 11.6. The van der Waals surface area contributed by atoms with E-state index in [1.807, 2.05) is 18.2 Å². The molecule has 2 amide bonds. The van der Waals surface area contributed by atoms with Crippen LogP contribution in [-0.4, -0.2) is 30.9 Å². The Hall–Kier alpha value is -2.82. The fraction of sp³-hybridized carbons (Fsp3) is 0.263. The largest absolute Gasteiger partial charge is 0.369 e. The zero-order valence-corrected chi connectivity index (χ0v) is 13.7. The van der Waals surface area contributed by atoms with E-state index in [0.29, 0.717) is 11.3 Å². The van der Waals surface area contributed by atoms with E-state index in [2.05, 4.69) is 27.7 Å². The first kappa shape index (κ1) is 16.1. The maximum Gasteiger partial charge on any atom is 0.319 e. The molecule has 0 unspecified atom stereocenters. The van der Waals surface area contributed by atoms with Gasteiger partial charge in [0.25, 0.3) is 0 Å². The summed E-state index contributed by atoms with van der Waals surface area (Å²) in [6, 6.07) is 17.0. The van der Waals surface area contributed by atoms with Gasteiger partial charge in [-0.2, -0.15) is 0 Å². The summed E-state index contributed by atoms with van der Waals surface area (Å²) < 4.78 is 0. The number of hydrogen-bond donors (Lipinski definition) is 2. The van der Waals surface area contributed by atoms with Gasteiger partial charge in [-0.1, -0.05) is 30.3 Å². The summed E-state index contributed by atoms with van der Waals surface area (Å²) in [6.45, 7) is 3.23. The van der Waals surface area contributed by atoms with Crippen molar-refractivity contribution in [2.45, 2.75) is 19.4 Å². The average Bonchev–Trinajstić information content (AvgIpc) is 3.04. The van der Waals surface area contributed by atoms with Crippen molar-refractivity contribution in [2.24, 2.45) is 0 Å². The van der Waals surface area contributed by atoms with Crippen molar-refractivity contribution in [1.29, 1.82) is 0 Å². The highest BCUT2D eigenvalue weighted by Crippen LogP contribution is 2.19. The molecule has 2 aromatic carbocycles. The van der Waals surface area contributed by atoms with Gasteiger partial charge in [-0.15, -0.1) is 0 Å². The van der Waals surface area contributed by atoms with Crippen molar-refractivity contribution in [3.8, 4) is 0 Å². The third kappa shape index (κ3) is 3.93. The zero-order chi connectivity index (χ0) is 16.9. The lowest BCUT2D eigenvalue weighted by Gasteiger charge is -2.19. The molecule has 1 aliphatic rings. The van der Waals surface area contributed by atoms with Gasteiger partial charge in [-0.05, 0) is 37.6 Å². The minimum atomic E-state index is -0.240. The standard InChI is InChI=1S/C19H21N3O2/c1-14(23)15-6-5-7-16(12-15)20-19(24)21-17-10-11-22(13-17)18-8-3-2-4-9-18/h2-9,12,17H,10-11,13H2,1H3,(H2,20,21,24)/t17-/m0/s1. The number of nitrogens with one attached hydrogen (secondary N) is 2. The highest BCUT2D eigenvalue weighted by atomic mass is 16.2. The van der Waals surface area contributed by atoms with Crippen LogP contribution in [0.3, 0.4) is 0 Å². The lowest BCUT2D eigenvalue weighted by atomic mass is 10.1. The van der Waals surface area contributed by atoms with Gasteiger partial charge in [0.2, 0.25) is 0 Å². The molecule has 24 heavy (non-hydrogen) atoms. The normalized spacial score (nSPS) is 16.7. The number of para-hydroxylation sites is 1. The van der Waals surface area contributed by atoms with Crippen LogP contribution in [-0.2, 0) is 0 Å². The molecule has 2 aromatic rings. The molecule has 0 aromatic heterocycles. The third-order valence-electron chi connectivity index (χ3n) is 4.17. The van der Waals surface area contributed by atoms with Gasteiger partial charge in [-0.3, -0.25) is 4.79 Å². The van der Waals surface area contributed by atoms with Gasteiger partial charge in [-0.25, -0.2) is 4.79 Å². The van der Waals surface area contributed by atoms with Crippen LogP contribution in [0, 0.1) is 0 Å². The highest BCUT2D eigenvalue weighted by Gasteiger charge is 2.23. The number of hydrogen-bond acceptors (Lipinski definition) is 3. The molecule has 1 heterocycles. The van der Waals surface area contributed by atoms with E-state index in [4.69, 9.17) is 0 Å². The SMILES string of the molecule is CC(=O)c1cccc(NC(=O)N[C@H]2CCN(c3ccccc3)C2)c1. The predicted octanol–water partition coefficient (Wildman–Crippen LogP) is 3.29. The minimum Gasteiger partial charge on any atom is -0.369 e. The molecule has 2 N–H and O–H groups in total. The van der Waals surface area contributed by atoms with Crippen LogP contribution in [0.2, 0.25) is 0 Å². The Morgan fingerprint density at radius 1 is 1.08 bits per heavy atom. The fourth-order valence-electron chi connectivity index (χ4n) is 2.92. The summed E-state index contributed by atoms with van der Waals surface area (Å²) in [7, 11) is 0. The second kappa shape index (κ2) is 7.17. The molecule has 124 valence electrons. The number of ketones is 1. The maximum atomic E-state index is 12.2. The fourth-order valence-corrected chi connectivity index (χ4v) is 2.92. The molecule has 3 rings (SSSR count). The molecule has 0 spiro atoms. The highest BCUT2D eigenvalue weighted by molar-refractivity contribution is 5.96. The molecule has 0 aliphatic carbocycles. The molecule has 1 atom stereocenters. The topological polar surface area (TPSA) is 61.4 Å². The molecule has 0 bridgehead atoms. The number of benzene rings is 2. The predicted molar refractivity (Wildman–Crippen MR) is 95.7 cm³/mol. The Bertz CT molecular complexity index is 730. The van der Waals surface area contributed by atoms with Crippen molar-refractivity contribution < 1.29 is 9.59 Å². The Morgan fingerprint density at radius 3 is 2.62 bits per heavy atom. The van der Waals surface area contributed by atoms with E-state index < -0.39 is 0 Å². The molecule has 1 saturated heterocycles. The molecule has 1 fully saturated rings. The number of anilines is 2. The van der Waals surface area contributed by atoms with Crippen molar-refractivity contribution >= 4 is 23.2 Å². The molecule has 0 saturated carbocycles. The Kier molecular flexibility index (Phi) is 4.79. The van der Waals surface area contributed by atoms with Crippen LogP contribution < -0.4 is 15.5 Å². The van der Waals surface area contributed by atoms with Crippen LogP contribution >= 0.6 is 0 Å². The van der Waals surface area contributed by atoms with Gasteiger partial charge >= 0.3 is 6.03 Å². The summed E-state index contributed by atoms with van der Waals surface area (Å²) in [6.07, 6.45) is 0.912. The van der Waals surface area contributed by atoms with Gasteiger partial charge in [0.05, 0.1) is 0 Å². The summed E-state index contributed by atoms with van der Waals surface area (Å²) >= 11 is 0. The number of carbonyl (C=O) groups excluding carboxylic acids is 2. The van der Waals surface area contributed by atoms with Crippen LogP contribution in [0.25, 0.3) is 0 Å². The van der Waals surface area contributed by atoms with E-state index in [9.17, 15) is 9.59 Å². The van der Waals surface area contributed by atoms with Crippen LogP contribution in [0.15, 0.2) is 54.6 Å². The number of Topliss-reactive ketones (excluding diaryl/α,β-unsaturated/α-hetero) is 1. The number of amides is 2. The van der Waals surface area contributed by atoms with Gasteiger partial charge in [0.15, 0.2) is 5.78 Å². The average molecular weight is 323 g/mol. The summed E-state index contributed by atoms with van der Waals surface area (Å²) in [5, 5.41) is 5.80. The molecule has 5 heteroatoms. The van der Waals surface area contributed by atoms with Gasteiger partial charge < -0.3 is 15.5 Å². The minimum absolute atomic E-state index is 0.0200. The molecule has 0 radical (unpaired) electrons. The Balaban J connectivity index is 1.54. The smallest absolute Gasteiger partial charge is 0.319 e. The summed E-state index contributed by atoms with van der Waals surface area (Å²) in [4.78, 5) is 25.8. The van der Waals surface area contributed by atoms with E-state index in [1.54, 1.807) is 24.3 Å². The van der Waals surface area contributed by atoms with Crippen molar-refractivity contribution in [3.63, 3.8) is 0 Å². The Labute approximate surface area is 141 Å². The number of carbonyl (C=O) groups is 2. The lowest BCUT2D eigenvalue weighted by Crippen LogP contribution is -2.39. The first-order valence-corrected chi connectivity index (χ1v) is 8.10. The second-order valence-corrected chi connectivity index (χ2v) is 6.00. The molecular formula is C19H21N3O2. The van der Waals surface area contributed by atoms with Crippen LogP contribution in [0.5, 0.6) is 0 Å². The monoisotopic (exact) mass is 323 g/mol. The maximum absolute atomic E-state index is 12.2. The molecule has 5 nitrogen and oxygen atoms in total. The quantitative estimate of drug-likeness (QED) is 0.849.